The molecule has 4 atom stereocenters. The smallest absolute Gasteiger partial charge is 0.242 e. The Kier molecular flexibility index (Phi) is 5.84. The molecule has 2 rings (SSSR count). The molecule has 5 nitrogen and oxygen atoms in total. The first-order valence-corrected chi connectivity index (χ1v) is 8.78. The van der Waals surface area contributed by atoms with Crippen LogP contribution in [0.3, 0.4) is 0 Å². The van der Waals surface area contributed by atoms with Crippen LogP contribution in [0.4, 0.5) is 0 Å². The molecular formula is C17H31N3O2. The minimum Gasteiger partial charge on any atom is -0.352 e. The van der Waals surface area contributed by atoms with Crippen LogP contribution in [0.5, 0.6) is 0 Å². The molecule has 2 amide bonds. The van der Waals surface area contributed by atoms with Gasteiger partial charge in [-0.15, -0.1) is 0 Å². The lowest BCUT2D eigenvalue weighted by molar-refractivity contribution is -0.133. The highest BCUT2D eigenvalue weighted by Gasteiger charge is 2.40. The van der Waals surface area contributed by atoms with Crippen LogP contribution in [-0.2, 0) is 9.59 Å². The molecule has 2 aliphatic rings. The van der Waals surface area contributed by atoms with Crippen molar-refractivity contribution in [1.82, 2.24) is 10.6 Å². The van der Waals surface area contributed by atoms with Crippen molar-refractivity contribution in [2.75, 3.05) is 0 Å². The van der Waals surface area contributed by atoms with Gasteiger partial charge in [-0.3, -0.25) is 9.59 Å². The third-order valence-electron chi connectivity index (χ3n) is 5.54. The molecule has 0 aromatic carbocycles. The second-order valence-electron chi connectivity index (χ2n) is 7.24. The van der Waals surface area contributed by atoms with Crippen LogP contribution in [0.25, 0.3) is 0 Å². The quantitative estimate of drug-likeness (QED) is 0.720. The van der Waals surface area contributed by atoms with Gasteiger partial charge >= 0.3 is 0 Å². The average molecular weight is 309 g/mol. The molecule has 0 spiro atoms. The maximum atomic E-state index is 12.5. The van der Waals surface area contributed by atoms with Crippen molar-refractivity contribution in [3.05, 3.63) is 0 Å². The summed E-state index contributed by atoms with van der Waals surface area (Å²) >= 11 is 0. The van der Waals surface area contributed by atoms with E-state index in [4.69, 9.17) is 5.73 Å². The summed E-state index contributed by atoms with van der Waals surface area (Å²) in [6.07, 6.45) is 6.17. The van der Waals surface area contributed by atoms with Gasteiger partial charge in [0.1, 0.15) is 6.04 Å². The number of hydrogen-bond donors (Lipinski definition) is 3. The third kappa shape index (κ3) is 4.00. The highest BCUT2D eigenvalue weighted by molar-refractivity contribution is 5.88. The van der Waals surface area contributed by atoms with Crippen molar-refractivity contribution in [3.8, 4) is 0 Å². The second kappa shape index (κ2) is 7.44. The number of nitrogens with one attached hydrogen (secondary N) is 2. The lowest BCUT2D eigenvalue weighted by Gasteiger charge is -2.43. The normalized spacial score (nSPS) is 33.6. The van der Waals surface area contributed by atoms with Crippen LogP contribution in [-0.4, -0.2) is 29.9 Å². The molecule has 0 heterocycles. The summed E-state index contributed by atoms with van der Waals surface area (Å²) in [6, 6.07) is -0.0697. The lowest BCUT2D eigenvalue weighted by Crippen LogP contribution is -2.52. The SMILES string of the molecule is CCC(C)NC(=O)C(C)NC(=O)C1CC2CCCC(C1)C2N. The Bertz CT molecular complexity index is 399. The number of amides is 2. The van der Waals surface area contributed by atoms with Crippen molar-refractivity contribution in [1.29, 1.82) is 0 Å². The first-order valence-electron chi connectivity index (χ1n) is 8.78. The van der Waals surface area contributed by atoms with E-state index in [-0.39, 0.29) is 29.8 Å². The number of carbonyl (C=O) groups excluding carboxylic acids is 2. The van der Waals surface area contributed by atoms with Crippen LogP contribution in [0, 0.1) is 17.8 Å². The molecule has 126 valence electrons. The fraction of sp³-hybridized carbons (Fsp3) is 0.882. The standard InChI is InChI=1S/C17H31N3O2/c1-4-10(2)19-16(21)11(3)20-17(22)14-8-12-6-5-7-13(9-14)15(12)18/h10-15H,4-9,18H2,1-3H3,(H,19,21)(H,20,22). The molecule has 2 fully saturated rings. The fourth-order valence-corrected chi connectivity index (χ4v) is 3.87. The van der Waals surface area contributed by atoms with E-state index in [2.05, 4.69) is 10.6 Å². The van der Waals surface area contributed by atoms with Crippen LogP contribution < -0.4 is 16.4 Å². The minimum atomic E-state index is -0.475. The molecule has 2 saturated carbocycles. The van der Waals surface area contributed by atoms with Gasteiger partial charge < -0.3 is 16.4 Å². The zero-order valence-electron chi connectivity index (χ0n) is 14.1. The molecule has 5 heteroatoms. The molecule has 0 aromatic rings. The number of nitrogens with two attached hydrogens (primary N) is 1. The Hall–Kier alpha value is -1.10. The summed E-state index contributed by atoms with van der Waals surface area (Å²) in [5.41, 5.74) is 6.27. The summed E-state index contributed by atoms with van der Waals surface area (Å²) in [5, 5.41) is 5.80. The Morgan fingerprint density at radius 1 is 1.14 bits per heavy atom. The summed E-state index contributed by atoms with van der Waals surface area (Å²) in [4.78, 5) is 24.5. The first-order chi connectivity index (χ1) is 10.4. The number of rotatable bonds is 5. The van der Waals surface area contributed by atoms with Crippen molar-refractivity contribution in [2.45, 2.75) is 77.4 Å². The predicted molar refractivity (Wildman–Crippen MR) is 87.0 cm³/mol. The monoisotopic (exact) mass is 309 g/mol. The lowest BCUT2D eigenvalue weighted by atomic mass is 9.65. The number of carbonyl (C=O) groups is 2. The van der Waals surface area contributed by atoms with Crippen molar-refractivity contribution < 1.29 is 9.59 Å². The predicted octanol–water partition coefficient (Wildman–Crippen LogP) is 1.56. The van der Waals surface area contributed by atoms with Crippen molar-refractivity contribution in [2.24, 2.45) is 23.5 Å². The summed E-state index contributed by atoms with van der Waals surface area (Å²) in [6.45, 7) is 5.75. The molecule has 4 unspecified atom stereocenters. The summed E-state index contributed by atoms with van der Waals surface area (Å²) in [7, 11) is 0. The van der Waals surface area contributed by atoms with Gasteiger partial charge in [0, 0.05) is 18.0 Å². The van der Waals surface area contributed by atoms with Gasteiger partial charge in [0.15, 0.2) is 0 Å². The number of fused-ring (bicyclic) bond motifs is 2. The largest absolute Gasteiger partial charge is 0.352 e. The topological polar surface area (TPSA) is 84.2 Å². The van der Waals surface area contributed by atoms with E-state index in [1.54, 1.807) is 6.92 Å². The summed E-state index contributed by atoms with van der Waals surface area (Å²) < 4.78 is 0. The van der Waals surface area contributed by atoms with Gasteiger partial charge in [0.05, 0.1) is 0 Å². The van der Waals surface area contributed by atoms with E-state index in [1.165, 1.54) is 6.42 Å². The Morgan fingerprint density at radius 2 is 1.73 bits per heavy atom. The van der Waals surface area contributed by atoms with Crippen LogP contribution in [0.1, 0.15) is 59.3 Å². The number of hydrogen-bond acceptors (Lipinski definition) is 3. The van der Waals surface area contributed by atoms with Gasteiger partial charge in [-0.05, 0) is 57.8 Å². The van der Waals surface area contributed by atoms with Crippen molar-refractivity contribution >= 4 is 11.8 Å². The fourth-order valence-electron chi connectivity index (χ4n) is 3.87. The Labute approximate surface area is 133 Å². The molecular weight excluding hydrogens is 278 g/mol. The van der Waals surface area contributed by atoms with Gasteiger partial charge in [-0.25, -0.2) is 0 Å². The molecule has 0 aliphatic heterocycles. The van der Waals surface area contributed by atoms with Gasteiger partial charge in [-0.2, -0.15) is 0 Å². The highest BCUT2D eigenvalue weighted by Crippen LogP contribution is 2.41. The van der Waals surface area contributed by atoms with Gasteiger partial charge in [-0.1, -0.05) is 13.3 Å². The van der Waals surface area contributed by atoms with E-state index in [1.807, 2.05) is 13.8 Å². The van der Waals surface area contributed by atoms with E-state index >= 15 is 0 Å². The molecule has 2 bridgehead atoms. The Morgan fingerprint density at radius 3 is 2.27 bits per heavy atom. The molecule has 4 N–H and O–H groups in total. The zero-order valence-corrected chi connectivity index (χ0v) is 14.1. The Balaban J connectivity index is 1.85. The molecule has 0 radical (unpaired) electrons. The van der Waals surface area contributed by atoms with Crippen LogP contribution in [0.15, 0.2) is 0 Å². The second-order valence-corrected chi connectivity index (χ2v) is 7.24. The van der Waals surface area contributed by atoms with Crippen molar-refractivity contribution in [3.63, 3.8) is 0 Å². The maximum absolute atomic E-state index is 12.5. The molecule has 0 saturated heterocycles. The van der Waals surface area contributed by atoms with E-state index in [9.17, 15) is 9.59 Å². The summed E-state index contributed by atoms with van der Waals surface area (Å²) in [5.74, 6) is 0.903. The van der Waals surface area contributed by atoms with Gasteiger partial charge in [0.25, 0.3) is 0 Å². The minimum absolute atomic E-state index is 0.0222. The molecule has 2 aliphatic carbocycles. The average Bonchev–Trinajstić information content (AvgIpc) is 2.46. The first kappa shape index (κ1) is 17.3. The van der Waals surface area contributed by atoms with E-state index in [0.717, 1.165) is 32.1 Å². The van der Waals surface area contributed by atoms with Crippen LogP contribution in [0.2, 0.25) is 0 Å². The zero-order chi connectivity index (χ0) is 16.3. The van der Waals surface area contributed by atoms with E-state index < -0.39 is 6.04 Å². The maximum Gasteiger partial charge on any atom is 0.242 e. The molecule has 22 heavy (non-hydrogen) atoms. The third-order valence-corrected chi connectivity index (χ3v) is 5.54. The highest BCUT2D eigenvalue weighted by atomic mass is 16.2. The van der Waals surface area contributed by atoms with Gasteiger partial charge in [0.2, 0.25) is 11.8 Å². The van der Waals surface area contributed by atoms with E-state index in [0.29, 0.717) is 11.8 Å². The molecule has 0 aromatic heterocycles. The van der Waals surface area contributed by atoms with Crippen LogP contribution >= 0.6 is 0 Å².